The van der Waals surface area contributed by atoms with E-state index in [1.165, 1.54) is 7.11 Å². The first-order valence-electron chi connectivity index (χ1n) is 4.79. The minimum absolute atomic E-state index is 0.0479. The van der Waals surface area contributed by atoms with E-state index < -0.39 is 0 Å². The first-order chi connectivity index (χ1) is 6.55. The SMILES string of the molecule is CCON=CC1C(C(=O)OC)C1(C)C. The van der Waals surface area contributed by atoms with Crippen LogP contribution in [0, 0.1) is 17.3 Å². The van der Waals surface area contributed by atoms with Gasteiger partial charge in [0.25, 0.3) is 0 Å². The number of rotatable bonds is 4. The zero-order chi connectivity index (χ0) is 10.8. The molecule has 0 heterocycles. The number of hydrogen-bond donors (Lipinski definition) is 0. The Bertz CT molecular complexity index is 248. The summed E-state index contributed by atoms with van der Waals surface area (Å²) in [5, 5.41) is 3.78. The fraction of sp³-hybridized carbons (Fsp3) is 0.800. The van der Waals surface area contributed by atoms with Crippen LogP contribution in [0.15, 0.2) is 5.16 Å². The summed E-state index contributed by atoms with van der Waals surface area (Å²) in [4.78, 5) is 16.2. The predicted molar refractivity (Wildman–Crippen MR) is 52.9 cm³/mol. The molecule has 2 atom stereocenters. The number of esters is 1. The maximum absolute atomic E-state index is 11.3. The van der Waals surface area contributed by atoms with E-state index in [0.717, 1.165) is 0 Å². The highest BCUT2D eigenvalue weighted by molar-refractivity contribution is 5.85. The first-order valence-corrected chi connectivity index (χ1v) is 4.79. The van der Waals surface area contributed by atoms with E-state index in [2.05, 4.69) is 5.16 Å². The summed E-state index contributed by atoms with van der Waals surface area (Å²) in [6.07, 6.45) is 1.70. The van der Waals surface area contributed by atoms with Crippen molar-refractivity contribution in [3.63, 3.8) is 0 Å². The molecule has 1 rings (SSSR count). The molecule has 80 valence electrons. The summed E-state index contributed by atoms with van der Waals surface area (Å²) in [7, 11) is 1.41. The van der Waals surface area contributed by atoms with E-state index in [1.54, 1.807) is 6.21 Å². The standard InChI is InChI=1S/C10H17NO3/c1-5-14-11-6-7-8(9(12)13-4)10(7,2)3/h6-8H,5H2,1-4H3. The van der Waals surface area contributed by atoms with Crippen LogP contribution in [0.2, 0.25) is 0 Å². The Morgan fingerprint density at radius 2 is 2.21 bits per heavy atom. The number of hydrogen-bond acceptors (Lipinski definition) is 4. The molecule has 0 aliphatic heterocycles. The van der Waals surface area contributed by atoms with E-state index in [0.29, 0.717) is 6.61 Å². The molecular formula is C10H17NO3. The lowest BCUT2D eigenvalue weighted by Crippen LogP contribution is -2.07. The number of carbonyl (C=O) groups is 1. The van der Waals surface area contributed by atoms with Crippen LogP contribution in [0.1, 0.15) is 20.8 Å². The van der Waals surface area contributed by atoms with Gasteiger partial charge in [0, 0.05) is 12.1 Å². The van der Waals surface area contributed by atoms with Crippen molar-refractivity contribution in [1.82, 2.24) is 0 Å². The van der Waals surface area contributed by atoms with Crippen LogP contribution in [-0.2, 0) is 14.4 Å². The lowest BCUT2D eigenvalue weighted by Gasteiger charge is -1.98. The average Bonchev–Trinajstić information content (AvgIpc) is 2.68. The lowest BCUT2D eigenvalue weighted by atomic mass is 10.1. The molecule has 0 bridgehead atoms. The molecule has 2 unspecified atom stereocenters. The molecule has 0 aromatic heterocycles. The zero-order valence-electron chi connectivity index (χ0n) is 9.11. The first kappa shape index (κ1) is 11.0. The van der Waals surface area contributed by atoms with Crippen molar-refractivity contribution in [3.05, 3.63) is 0 Å². The van der Waals surface area contributed by atoms with Crippen molar-refractivity contribution in [2.45, 2.75) is 20.8 Å². The molecule has 1 aliphatic rings. The van der Waals surface area contributed by atoms with Crippen molar-refractivity contribution in [1.29, 1.82) is 0 Å². The number of ether oxygens (including phenoxy) is 1. The largest absolute Gasteiger partial charge is 0.469 e. The molecular weight excluding hydrogens is 182 g/mol. The van der Waals surface area contributed by atoms with Crippen LogP contribution in [-0.4, -0.2) is 25.9 Å². The molecule has 0 amide bonds. The zero-order valence-corrected chi connectivity index (χ0v) is 9.11. The summed E-state index contributed by atoms with van der Waals surface area (Å²) in [5.41, 5.74) is -0.0479. The van der Waals surface area contributed by atoms with Crippen LogP contribution < -0.4 is 0 Å². The van der Waals surface area contributed by atoms with Crippen LogP contribution >= 0.6 is 0 Å². The molecule has 0 saturated heterocycles. The second kappa shape index (κ2) is 3.98. The summed E-state index contributed by atoms with van der Waals surface area (Å²) < 4.78 is 4.70. The fourth-order valence-electron chi connectivity index (χ4n) is 1.72. The summed E-state index contributed by atoms with van der Waals surface area (Å²) in [5.74, 6) is -0.0962. The third-order valence-electron chi connectivity index (χ3n) is 2.79. The van der Waals surface area contributed by atoms with Gasteiger partial charge >= 0.3 is 5.97 Å². The van der Waals surface area contributed by atoms with Gasteiger partial charge in [-0.3, -0.25) is 4.79 Å². The lowest BCUT2D eigenvalue weighted by molar-refractivity contribution is -0.143. The number of carbonyl (C=O) groups excluding carboxylic acids is 1. The second-order valence-corrected chi connectivity index (χ2v) is 4.02. The highest BCUT2D eigenvalue weighted by atomic mass is 16.6. The number of oxime groups is 1. The van der Waals surface area contributed by atoms with Crippen molar-refractivity contribution >= 4 is 12.2 Å². The molecule has 4 nitrogen and oxygen atoms in total. The number of nitrogens with zero attached hydrogens (tertiary/aromatic N) is 1. The van der Waals surface area contributed by atoms with Crippen molar-refractivity contribution < 1.29 is 14.4 Å². The molecule has 0 N–H and O–H groups in total. The summed E-state index contributed by atoms with van der Waals surface area (Å²) in [6, 6.07) is 0. The third-order valence-corrected chi connectivity index (χ3v) is 2.79. The van der Waals surface area contributed by atoms with E-state index in [1.807, 2.05) is 20.8 Å². The molecule has 0 aromatic rings. The van der Waals surface area contributed by atoms with E-state index in [4.69, 9.17) is 9.57 Å². The maximum atomic E-state index is 11.3. The molecule has 1 saturated carbocycles. The monoisotopic (exact) mass is 199 g/mol. The van der Waals surface area contributed by atoms with Gasteiger partial charge in [0.1, 0.15) is 6.61 Å². The highest BCUT2D eigenvalue weighted by Gasteiger charge is 2.62. The van der Waals surface area contributed by atoms with Gasteiger partial charge in [0.05, 0.1) is 13.0 Å². The van der Waals surface area contributed by atoms with E-state index in [-0.39, 0.29) is 23.2 Å². The van der Waals surface area contributed by atoms with Gasteiger partial charge in [0.2, 0.25) is 0 Å². The molecule has 0 aromatic carbocycles. The summed E-state index contributed by atoms with van der Waals surface area (Å²) >= 11 is 0. The van der Waals surface area contributed by atoms with Gasteiger partial charge < -0.3 is 9.57 Å². The Hall–Kier alpha value is -1.06. The second-order valence-electron chi connectivity index (χ2n) is 4.02. The van der Waals surface area contributed by atoms with Crippen molar-refractivity contribution in [2.24, 2.45) is 22.4 Å². The molecule has 14 heavy (non-hydrogen) atoms. The van der Waals surface area contributed by atoms with Gasteiger partial charge in [0.15, 0.2) is 0 Å². The quantitative estimate of drug-likeness (QED) is 0.391. The molecule has 0 radical (unpaired) electrons. The van der Waals surface area contributed by atoms with Gasteiger partial charge in [-0.05, 0) is 12.3 Å². The molecule has 1 fully saturated rings. The van der Waals surface area contributed by atoms with Crippen LogP contribution in [0.4, 0.5) is 0 Å². The summed E-state index contributed by atoms with van der Waals surface area (Å²) in [6.45, 7) is 6.47. The number of methoxy groups -OCH3 is 1. The van der Waals surface area contributed by atoms with E-state index >= 15 is 0 Å². The molecule has 1 aliphatic carbocycles. The minimum atomic E-state index is -0.164. The fourth-order valence-corrected chi connectivity index (χ4v) is 1.72. The predicted octanol–water partition coefficient (Wildman–Crippen LogP) is 1.45. The van der Waals surface area contributed by atoms with E-state index in [9.17, 15) is 4.79 Å². The average molecular weight is 199 g/mol. The van der Waals surface area contributed by atoms with Crippen LogP contribution in [0.25, 0.3) is 0 Å². The third kappa shape index (κ3) is 1.89. The molecule has 0 spiro atoms. The topological polar surface area (TPSA) is 47.9 Å². The maximum Gasteiger partial charge on any atom is 0.309 e. The van der Waals surface area contributed by atoms with Gasteiger partial charge in [-0.25, -0.2) is 0 Å². The van der Waals surface area contributed by atoms with Gasteiger partial charge in [-0.1, -0.05) is 19.0 Å². The Balaban J connectivity index is 2.53. The Morgan fingerprint density at radius 3 is 2.71 bits per heavy atom. The van der Waals surface area contributed by atoms with Crippen molar-refractivity contribution in [3.8, 4) is 0 Å². The normalized spacial score (nSPS) is 28.9. The minimum Gasteiger partial charge on any atom is -0.469 e. The van der Waals surface area contributed by atoms with Crippen LogP contribution in [0.3, 0.4) is 0 Å². The highest BCUT2D eigenvalue weighted by Crippen LogP contribution is 2.57. The Kier molecular flexibility index (Phi) is 3.13. The molecule has 4 heteroatoms. The van der Waals surface area contributed by atoms with Gasteiger partial charge in [-0.15, -0.1) is 0 Å². The van der Waals surface area contributed by atoms with Crippen molar-refractivity contribution in [2.75, 3.05) is 13.7 Å². The smallest absolute Gasteiger partial charge is 0.309 e. The van der Waals surface area contributed by atoms with Crippen LogP contribution in [0.5, 0.6) is 0 Å². The van der Waals surface area contributed by atoms with Gasteiger partial charge in [-0.2, -0.15) is 0 Å². The Labute approximate surface area is 84.3 Å². The Morgan fingerprint density at radius 1 is 1.57 bits per heavy atom.